The Bertz CT molecular complexity index is 315. The van der Waals surface area contributed by atoms with Crippen LogP contribution in [0.2, 0.25) is 0 Å². The van der Waals surface area contributed by atoms with Gasteiger partial charge in [0.25, 0.3) is 0 Å². The number of hydrogen-bond acceptors (Lipinski definition) is 2. The molecule has 2 unspecified atom stereocenters. The highest BCUT2D eigenvalue weighted by Gasteiger charge is 2.66. The maximum absolute atomic E-state index is 5.82. The molecule has 1 fully saturated rings. The Morgan fingerprint density at radius 3 is 2.57 bits per heavy atom. The molecule has 0 amide bonds. The van der Waals surface area contributed by atoms with Crippen LogP contribution in [0, 0.1) is 16.7 Å². The molecular formula is C12H19NS. The van der Waals surface area contributed by atoms with E-state index in [2.05, 4.69) is 37.6 Å². The lowest BCUT2D eigenvalue weighted by Gasteiger charge is -2.13. The maximum Gasteiger partial charge on any atom is -0.00380 e. The fourth-order valence-electron chi connectivity index (χ4n) is 2.92. The highest BCUT2D eigenvalue weighted by atomic mass is 32.1. The van der Waals surface area contributed by atoms with Gasteiger partial charge in [0.15, 0.2) is 0 Å². The van der Waals surface area contributed by atoms with Crippen LogP contribution in [0.15, 0.2) is 16.8 Å². The molecule has 1 aromatic rings. The van der Waals surface area contributed by atoms with Gasteiger partial charge in [0.05, 0.1) is 0 Å². The second kappa shape index (κ2) is 3.07. The summed E-state index contributed by atoms with van der Waals surface area (Å²) < 4.78 is 0. The Balaban J connectivity index is 2.13. The van der Waals surface area contributed by atoms with Crippen LogP contribution in [0.5, 0.6) is 0 Å². The standard InChI is InChI=1S/C12H19NS/c1-11(2)10(7-13)12(11,3)6-9-4-5-14-8-9/h4-5,8,10H,6-7,13H2,1-3H3. The molecule has 0 radical (unpaired) electrons. The summed E-state index contributed by atoms with van der Waals surface area (Å²) in [5, 5.41) is 4.42. The highest BCUT2D eigenvalue weighted by molar-refractivity contribution is 7.07. The molecule has 2 rings (SSSR count). The Morgan fingerprint density at radius 2 is 2.14 bits per heavy atom. The van der Waals surface area contributed by atoms with Gasteiger partial charge in [-0.25, -0.2) is 0 Å². The summed E-state index contributed by atoms with van der Waals surface area (Å²) in [7, 11) is 0. The van der Waals surface area contributed by atoms with Gasteiger partial charge in [-0.05, 0) is 52.1 Å². The van der Waals surface area contributed by atoms with E-state index in [1.165, 1.54) is 12.0 Å². The van der Waals surface area contributed by atoms with Gasteiger partial charge < -0.3 is 5.73 Å². The number of nitrogens with two attached hydrogens (primary N) is 1. The van der Waals surface area contributed by atoms with Gasteiger partial charge in [-0.1, -0.05) is 20.8 Å². The largest absolute Gasteiger partial charge is 0.330 e. The molecule has 2 heteroatoms. The van der Waals surface area contributed by atoms with Crippen molar-refractivity contribution in [3.8, 4) is 0 Å². The van der Waals surface area contributed by atoms with E-state index in [4.69, 9.17) is 5.73 Å². The van der Waals surface area contributed by atoms with Crippen molar-refractivity contribution in [1.29, 1.82) is 0 Å². The lowest BCUT2D eigenvalue weighted by molar-refractivity contribution is 0.415. The summed E-state index contributed by atoms with van der Waals surface area (Å²) in [5.74, 6) is 0.690. The molecule has 0 aromatic carbocycles. The Kier molecular flexibility index (Phi) is 2.24. The van der Waals surface area contributed by atoms with Crippen LogP contribution in [0.1, 0.15) is 26.3 Å². The van der Waals surface area contributed by atoms with Crippen LogP contribution in [0.25, 0.3) is 0 Å². The third kappa shape index (κ3) is 1.24. The maximum atomic E-state index is 5.82. The van der Waals surface area contributed by atoms with E-state index in [0.29, 0.717) is 16.7 Å². The number of rotatable bonds is 3. The minimum absolute atomic E-state index is 0.419. The summed E-state index contributed by atoms with van der Waals surface area (Å²) in [6.07, 6.45) is 1.19. The van der Waals surface area contributed by atoms with Gasteiger partial charge in [-0.2, -0.15) is 11.3 Å². The summed E-state index contributed by atoms with van der Waals surface area (Å²) in [6.45, 7) is 7.89. The van der Waals surface area contributed by atoms with Crippen molar-refractivity contribution in [2.75, 3.05) is 6.54 Å². The fourth-order valence-corrected chi connectivity index (χ4v) is 3.59. The van der Waals surface area contributed by atoms with Crippen LogP contribution < -0.4 is 5.73 Å². The molecular weight excluding hydrogens is 190 g/mol. The molecule has 1 heterocycles. The first kappa shape index (κ1) is 10.2. The van der Waals surface area contributed by atoms with Gasteiger partial charge >= 0.3 is 0 Å². The molecule has 0 bridgehead atoms. The van der Waals surface area contributed by atoms with E-state index in [1.807, 2.05) is 0 Å². The lowest BCUT2D eigenvalue weighted by atomic mass is 9.92. The summed E-state index contributed by atoms with van der Waals surface area (Å²) in [6, 6.07) is 2.23. The van der Waals surface area contributed by atoms with Gasteiger partial charge in [0, 0.05) is 0 Å². The van der Waals surface area contributed by atoms with Crippen LogP contribution in [-0.2, 0) is 6.42 Å². The number of thiophene rings is 1. The second-order valence-electron chi connectivity index (χ2n) is 5.24. The van der Waals surface area contributed by atoms with Crippen molar-refractivity contribution >= 4 is 11.3 Å². The lowest BCUT2D eigenvalue weighted by Crippen LogP contribution is -2.10. The summed E-state index contributed by atoms with van der Waals surface area (Å²) >= 11 is 1.79. The van der Waals surface area contributed by atoms with Gasteiger partial charge in [0.2, 0.25) is 0 Å². The first-order valence-corrected chi connectivity index (χ1v) is 6.18. The van der Waals surface area contributed by atoms with Crippen molar-refractivity contribution in [2.24, 2.45) is 22.5 Å². The van der Waals surface area contributed by atoms with Crippen LogP contribution in [0.3, 0.4) is 0 Å². The average Bonchev–Trinajstić information content (AvgIpc) is 2.54. The normalized spacial score (nSPS) is 34.4. The summed E-state index contributed by atoms with van der Waals surface area (Å²) in [4.78, 5) is 0. The molecule has 0 saturated heterocycles. The predicted molar refractivity (Wildman–Crippen MR) is 62.5 cm³/mol. The number of hydrogen-bond donors (Lipinski definition) is 1. The molecule has 78 valence electrons. The van der Waals surface area contributed by atoms with E-state index in [9.17, 15) is 0 Å². The molecule has 1 aliphatic rings. The third-order valence-corrected chi connectivity index (χ3v) is 5.15. The van der Waals surface area contributed by atoms with E-state index in [1.54, 1.807) is 11.3 Å². The van der Waals surface area contributed by atoms with Gasteiger partial charge in [0.1, 0.15) is 0 Å². The highest BCUT2D eigenvalue weighted by Crippen LogP contribution is 2.69. The Hall–Kier alpha value is -0.340. The topological polar surface area (TPSA) is 26.0 Å². The SMILES string of the molecule is CC1(C)C(CN)C1(C)Cc1ccsc1. The third-order valence-electron chi connectivity index (χ3n) is 4.42. The zero-order valence-corrected chi connectivity index (χ0v) is 10.0. The Morgan fingerprint density at radius 1 is 1.43 bits per heavy atom. The zero-order chi connectivity index (χ0) is 10.4. The first-order chi connectivity index (χ1) is 6.52. The second-order valence-corrected chi connectivity index (χ2v) is 6.02. The molecule has 1 aliphatic carbocycles. The minimum Gasteiger partial charge on any atom is -0.330 e. The molecule has 0 aliphatic heterocycles. The smallest absolute Gasteiger partial charge is 0.00380 e. The molecule has 1 nitrogen and oxygen atoms in total. The van der Waals surface area contributed by atoms with E-state index < -0.39 is 0 Å². The molecule has 2 N–H and O–H groups in total. The quantitative estimate of drug-likeness (QED) is 0.814. The van der Waals surface area contributed by atoms with Gasteiger partial charge in [-0.15, -0.1) is 0 Å². The Labute approximate surface area is 90.3 Å². The van der Waals surface area contributed by atoms with Crippen molar-refractivity contribution in [2.45, 2.75) is 27.2 Å². The molecule has 2 atom stereocenters. The monoisotopic (exact) mass is 209 g/mol. The first-order valence-electron chi connectivity index (χ1n) is 5.23. The van der Waals surface area contributed by atoms with E-state index in [-0.39, 0.29) is 0 Å². The van der Waals surface area contributed by atoms with Gasteiger partial charge in [-0.3, -0.25) is 0 Å². The van der Waals surface area contributed by atoms with E-state index >= 15 is 0 Å². The van der Waals surface area contributed by atoms with Crippen LogP contribution >= 0.6 is 11.3 Å². The molecule has 14 heavy (non-hydrogen) atoms. The van der Waals surface area contributed by atoms with Crippen LogP contribution in [0.4, 0.5) is 0 Å². The molecule has 1 aromatic heterocycles. The fraction of sp³-hybridized carbons (Fsp3) is 0.667. The minimum atomic E-state index is 0.419. The van der Waals surface area contributed by atoms with Crippen LogP contribution in [-0.4, -0.2) is 6.54 Å². The zero-order valence-electron chi connectivity index (χ0n) is 9.21. The van der Waals surface area contributed by atoms with E-state index in [0.717, 1.165) is 6.54 Å². The predicted octanol–water partition coefficient (Wildman–Crippen LogP) is 2.91. The average molecular weight is 209 g/mol. The molecule has 0 spiro atoms. The van der Waals surface area contributed by atoms with Crippen molar-refractivity contribution in [3.05, 3.63) is 22.4 Å². The summed E-state index contributed by atoms with van der Waals surface area (Å²) in [5.41, 5.74) is 8.13. The van der Waals surface area contributed by atoms with Crippen molar-refractivity contribution in [3.63, 3.8) is 0 Å². The van der Waals surface area contributed by atoms with Crippen molar-refractivity contribution < 1.29 is 0 Å². The van der Waals surface area contributed by atoms with Crippen molar-refractivity contribution in [1.82, 2.24) is 0 Å². The molecule has 1 saturated carbocycles.